The van der Waals surface area contributed by atoms with Crippen LogP contribution in [0.2, 0.25) is 5.02 Å². The van der Waals surface area contributed by atoms with E-state index in [1.807, 2.05) is 0 Å². The van der Waals surface area contributed by atoms with E-state index >= 15 is 0 Å². The summed E-state index contributed by atoms with van der Waals surface area (Å²) in [7, 11) is 0. The van der Waals surface area contributed by atoms with Crippen molar-refractivity contribution in [3.8, 4) is 5.75 Å². The molecule has 0 aliphatic carbocycles. The molecular weight excluding hydrogens is 330 g/mol. The molecular formula is C13H10ClN3O4S. The molecule has 9 heteroatoms. The molecule has 1 aromatic rings. The van der Waals surface area contributed by atoms with E-state index in [0.717, 1.165) is 0 Å². The number of carbonyl (C=O) groups excluding carboxylic acids is 3. The molecule has 4 N–H and O–H groups in total. The minimum Gasteiger partial charge on any atom is -0.483 e. The number of hydrogen-bond acceptors (Lipinski definition) is 5. The van der Waals surface area contributed by atoms with Crippen LogP contribution in [0.4, 0.5) is 0 Å². The van der Waals surface area contributed by atoms with Crippen LogP contribution in [-0.4, -0.2) is 29.4 Å². The first-order valence-corrected chi connectivity index (χ1v) is 6.74. The van der Waals surface area contributed by atoms with Crippen LogP contribution in [0.3, 0.4) is 0 Å². The lowest BCUT2D eigenvalue weighted by Gasteiger charge is -2.17. The molecule has 3 amide bonds. The van der Waals surface area contributed by atoms with Crippen LogP contribution in [0.5, 0.6) is 5.75 Å². The van der Waals surface area contributed by atoms with Gasteiger partial charge in [0.05, 0.1) is 0 Å². The Kier molecular flexibility index (Phi) is 4.74. The van der Waals surface area contributed by atoms with E-state index in [2.05, 4.69) is 10.6 Å². The average Bonchev–Trinajstić information content (AvgIpc) is 2.41. The Labute approximate surface area is 135 Å². The van der Waals surface area contributed by atoms with E-state index in [1.165, 1.54) is 24.3 Å². The Balaban J connectivity index is 2.38. The second-order valence-electron chi connectivity index (χ2n) is 4.23. The molecule has 0 saturated carbocycles. The van der Waals surface area contributed by atoms with Crippen molar-refractivity contribution in [2.24, 2.45) is 5.73 Å². The molecule has 7 nitrogen and oxygen atoms in total. The third kappa shape index (κ3) is 3.80. The number of benzene rings is 1. The van der Waals surface area contributed by atoms with Crippen molar-refractivity contribution < 1.29 is 19.1 Å². The minimum absolute atomic E-state index is 0.0663. The number of amides is 3. The van der Waals surface area contributed by atoms with E-state index in [1.54, 1.807) is 0 Å². The highest BCUT2D eigenvalue weighted by Gasteiger charge is 2.26. The van der Waals surface area contributed by atoms with Crippen LogP contribution >= 0.6 is 23.8 Å². The van der Waals surface area contributed by atoms with Gasteiger partial charge in [0.15, 0.2) is 11.7 Å². The van der Waals surface area contributed by atoms with Crippen molar-refractivity contribution in [1.29, 1.82) is 0 Å². The fourth-order valence-corrected chi connectivity index (χ4v) is 2.04. The predicted octanol–water partition coefficient (Wildman–Crippen LogP) is 0.118. The first-order chi connectivity index (χ1) is 10.4. The van der Waals surface area contributed by atoms with E-state index in [0.29, 0.717) is 10.6 Å². The molecule has 114 valence electrons. The summed E-state index contributed by atoms with van der Waals surface area (Å²) in [4.78, 5) is 34.4. The highest BCUT2D eigenvalue weighted by molar-refractivity contribution is 7.80. The summed E-state index contributed by atoms with van der Waals surface area (Å²) in [5, 5.41) is 4.92. The molecule has 1 aliphatic heterocycles. The van der Waals surface area contributed by atoms with Crippen molar-refractivity contribution in [2.75, 3.05) is 6.61 Å². The van der Waals surface area contributed by atoms with Gasteiger partial charge in [0.25, 0.3) is 17.7 Å². The van der Waals surface area contributed by atoms with Crippen molar-refractivity contribution in [3.63, 3.8) is 0 Å². The highest BCUT2D eigenvalue weighted by Crippen LogP contribution is 2.25. The van der Waals surface area contributed by atoms with Gasteiger partial charge < -0.3 is 10.5 Å². The SMILES string of the molecule is NC(=O)COc1ccc(Cl)cc1C=C1C(=O)NC(=S)NC1=O. The Hall–Kier alpha value is -2.45. The second kappa shape index (κ2) is 6.54. The first kappa shape index (κ1) is 15.9. The van der Waals surface area contributed by atoms with Gasteiger partial charge in [0.2, 0.25) is 0 Å². The predicted molar refractivity (Wildman–Crippen MR) is 83.0 cm³/mol. The number of hydrogen-bond donors (Lipinski definition) is 3. The lowest BCUT2D eigenvalue weighted by Crippen LogP contribution is -2.51. The van der Waals surface area contributed by atoms with Gasteiger partial charge in [-0.05, 0) is 36.5 Å². The van der Waals surface area contributed by atoms with Crippen LogP contribution in [0, 0.1) is 0 Å². The van der Waals surface area contributed by atoms with E-state index in [9.17, 15) is 14.4 Å². The molecule has 1 aromatic carbocycles. The van der Waals surface area contributed by atoms with Crippen LogP contribution < -0.4 is 21.1 Å². The maximum Gasteiger partial charge on any atom is 0.263 e. The maximum absolute atomic E-state index is 11.8. The van der Waals surface area contributed by atoms with Gasteiger partial charge in [-0.1, -0.05) is 11.6 Å². The number of carbonyl (C=O) groups is 3. The van der Waals surface area contributed by atoms with Crippen LogP contribution in [0.25, 0.3) is 6.08 Å². The third-order valence-electron chi connectivity index (χ3n) is 2.58. The van der Waals surface area contributed by atoms with Gasteiger partial charge >= 0.3 is 0 Å². The summed E-state index contributed by atoms with van der Waals surface area (Å²) in [6.45, 7) is -0.347. The van der Waals surface area contributed by atoms with Crippen molar-refractivity contribution in [1.82, 2.24) is 10.6 Å². The number of halogens is 1. The number of thiocarbonyl (C=S) groups is 1. The van der Waals surface area contributed by atoms with Gasteiger partial charge in [0, 0.05) is 10.6 Å². The summed E-state index contributed by atoms with van der Waals surface area (Å²) in [6.07, 6.45) is 1.29. The quantitative estimate of drug-likeness (QED) is 0.410. The Morgan fingerprint density at radius 1 is 1.32 bits per heavy atom. The Morgan fingerprint density at radius 2 is 1.95 bits per heavy atom. The number of primary amides is 1. The summed E-state index contributed by atoms with van der Waals surface area (Å²) in [5.74, 6) is -1.69. The van der Waals surface area contributed by atoms with Crippen molar-refractivity contribution >= 4 is 52.7 Å². The normalized spacial score (nSPS) is 14.2. The van der Waals surface area contributed by atoms with Crippen LogP contribution in [-0.2, 0) is 14.4 Å². The average molecular weight is 340 g/mol. The summed E-state index contributed by atoms with van der Waals surface area (Å²) >= 11 is 10.6. The number of ether oxygens (including phenoxy) is 1. The third-order valence-corrected chi connectivity index (χ3v) is 3.02. The Morgan fingerprint density at radius 3 is 2.55 bits per heavy atom. The summed E-state index contributed by atoms with van der Waals surface area (Å²) in [5.41, 5.74) is 5.20. The van der Waals surface area contributed by atoms with Crippen molar-refractivity contribution in [2.45, 2.75) is 0 Å². The van der Waals surface area contributed by atoms with Gasteiger partial charge in [-0.15, -0.1) is 0 Å². The molecule has 1 aliphatic rings. The highest BCUT2D eigenvalue weighted by atomic mass is 35.5. The van der Waals surface area contributed by atoms with Crippen LogP contribution in [0.15, 0.2) is 23.8 Å². The molecule has 1 heterocycles. The molecule has 2 rings (SSSR count). The standard InChI is InChI=1S/C13H10ClN3O4S/c14-7-1-2-9(21-5-10(15)18)6(3-7)4-8-11(19)16-13(22)17-12(8)20/h1-4H,5H2,(H2,15,18)(H2,16,17,19,20,22). The smallest absolute Gasteiger partial charge is 0.263 e. The fourth-order valence-electron chi connectivity index (χ4n) is 1.67. The molecule has 1 fully saturated rings. The van der Waals surface area contributed by atoms with Gasteiger partial charge in [-0.2, -0.15) is 0 Å². The maximum atomic E-state index is 11.8. The molecule has 0 radical (unpaired) electrons. The fraction of sp³-hybridized carbons (Fsp3) is 0.0769. The molecule has 1 saturated heterocycles. The lowest BCUT2D eigenvalue weighted by atomic mass is 10.1. The molecule has 0 unspecified atom stereocenters. The molecule has 0 bridgehead atoms. The number of nitrogens with two attached hydrogens (primary N) is 1. The minimum atomic E-state index is -0.660. The van der Waals surface area contributed by atoms with E-state index < -0.39 is 17.7 Å². The monoisotopic (exact) mass is 339 g/mol. The zero-order valence-corrected chi connectivity index (χ0v) is 12.6. The molecule has 0 aromatic heterocycles. The summed E-state index contributed by atoms with van der Waals surface area (Å²) < 4.78 is 5.22. The largest absolute Gasteiger partial charge is 0.483 e. The molecule has 0 spiro atoms. The number of nitrogens with one attached hydrogen (secondary N) is 2. The van der Waals surface area contributed by atoms with Gasteiger partial charge in [-0.3, -0.25) is 25.0 Å². The van der Waals surface area contributed by atoms with Gasteiger partial charge in [0.1, 0.15) is 11.3 Å². The van der Waals surface area contributed by atoms with Gasteiger partial charge in [-0.25, -0.2) is 0 Å². The van der Waals surface area contributed by atoms with Crippen LogP contribution in [0.1, 0.15) is 5.56 Å². The second-order valence-corrected chi connectivity index (χ2v) is 5.08. The zero-order chi connectivity index (χ0) is 16.3. The molecule has 22 heavy (non-hydrogen) atoms. The first-order valence-electron chi connectivity index (χ1n) is 5.96. The molecule has 0 atom stereocenters. The van der Waals surface area contributed by atoms with E-state index in [4.69, 9.17) is 34.3 Å². The zero-order valence-electron chi connectivity index (χ0n) is 11.0. The summed E-state index contributed by atoms with van der Waals surface area (Å²) in [6, 6.07) is 4.52. The topological polar surface area (TPSA) is 111 Å². The Bertz CT molecular complexity index is 695. The lowest BCUT2D eigenvalue weighted by molar-refractivity contribution is -0.123. The van der Waals surface area contributed by atoms with E-state index in [-0.39, 0.29) is 23.0 Å². The van der Waals surface area contributed by atoms with Crippen molar-refractivity contribution in [3.05, 3.63) is 34.4 Å². The number of rotatable bonds is 4.